The highest BCUT2D eigenvalue weighted by molar-refractivity contribution is 5.23. The third kappa shape index (κ3) is 8.16. The normalized spacial score (nSPS) is 24.7. The van der Waals surface area contributed by atoms with Crippen LogP contribution < -0.4 is 4.90 Å². The van der Waals surface area contributed by atoms with Crippen molar-refractivity contribution >= 4 is 0 Å². The largest absolute Gasteiger partial charge is 0.342 e. The molecule has 1 spiro atoms. The van der Waals surface area contributed by atoms with Gasteiger partial charge in [0.15, 0.2) is 12.3 Å². The molecule has 4 aromatic rings. The quantitative estimate of drug-likeness (QED) is 0.151. The summed E-state index contributed by atoms with van der Waals surface area (Å²) in [6.07, 6.45) is 5.36. The minimum atomic E-state index is -0.616. The van der Waals surface area contributed by atoms with Crippen LogP contribution in [0.1, 0.15) is 52.6 Å². The molecule has 0 amide bonds. The molecular formula is C42H52N2O2+. The van der Waals surface area contributed by atoms with Gasteiger partial charge in [-0.3, -0.25) is 4.90 Å². The molecule has 4 aromatic carbocycles. The summed E-state index contributed by atoms with van der Waals surface area (Å²) in [6.45, 7) is 7.73. The lowest BCUT2D eigenvalue weighted by Gasteiger charge is -2.46. The predicted molar refractivity (Wildman–Crippen MR) is 189 cm³/mol. The van der Waals surface area contributed by atoms with Crippen molar-refractivity contribution in [1.82, 2.24) is 9.80 Å². The molecule has 1 saturated carbocycles. The van der Waals surface area contributed by atoms with Gasteiger partial charge in [0, 0.05) is 30.5 Å². The second-order valence-corrected chi connectivity index (χ2v) is 14.1. The Labute approximate surface area is 277 Å². The molecule has 0 N–H and O–H groups in total. The van der Waals surface area contributed by atoms with Gasteiger partial charge in [-0.15, -0.1) is 0 Å². The van der Waals surface area contributed by atoms with E-state index in [1.807, 2.05) is 0 Å². The van der Waals surface area contributed by atoms with Crippen molar-refractivity contribution in [1.29, 1.82) is 0 Å². The minimum Gasteiger partial charge on any atom is -0.342 e. The molecular weight excluding hydrogens is 564 g/mol. The number of benzene rings is 4. The zero-order chi connectivity index (χ0) is 31.9. The van der Waals surface area contributed by atoms with E-state index in [2.05, 4.69) is 147 Å². The van der Waals surface area contributed by atoms with Gasteiger partial charge in [0.25, 0.3) is 0 Å². The Morgan fingerprint density at radius 1 is 0.652 bits per heavy atom. The van der Waals surface area contributed by atoms with Crippen molar-refractivity contribution in [2.24, 2.45) is 11.8 Å². The van der Waals surface area contributed by atoms with E-state index in [0.717, 1.165) is 51.9 Å². The van der Waals surface area contributed by atoms with Crippen molar-refractivity contribution in [3.05, 3.63) is 143 Å². The molecule has 4 nitrogen and oxygen atoms in total. The van der Waals surface area contributed by atoms with Crippen LogP contribution >= 0.6 is 0 Å². The van der Waals surface area contributed by atoms with Crippen LogP contribution in [-0.4, -0.2) is 50.1 Å². The smallest absolute Gasteiger partial charge is 0.175 e. The van der Waals surface area contributed by atoms with Gasteiger partial charge >= 0.3 is 0 Å². The van der Waals surface area contributed by atoms with Crippen LogP contribution in [0.4, 0.5) is 0 Å². The van der Waals surface area contributed by atoms with Crippen molar-refractivity contribution < 1.29 is 9.47 Å². The maximum Gasteiger partial charge on any atom is 0.175 e. The van der Waals surface area contributed by atoms with Crippen LogP contribution in [-0.2, 0) is 35.4 Å². The van der Waals surface area contributed by atoms with Crippen LogP contribution in [0.3, 0.4) is 0 Å². The van der Waals surface area contributed by atoms with Crippen LogP contribution in [0.2, 0.25) is 0 Å². The van der Waals surface area contributed by atoms with E-state index in [9.17, 15) is 0 Å². The lowest BCUT2D eigenvalue weighted by atomic mass is 9.71. The van der Waals surface area contributed by atoms with E-state index >= 15 is 0 Å². The zero-order valence-electron chi connectivity index (χ0n) is 28.3. The van der Waals surface area contributed by atoms with Crippen molar-refractivity contribution in [2.45, 2.75) is 77.0 Å². The van der Waals surface area contributed by atoms with Crippen molar-refractivity contribution in [2.75, 3.05) is 27.2 Å². The number of likely N-dealkylation sites (N-methyl/N-ethyl adjacent to an activating group) is 2. The Hall–Kier alpha value is -3.28. The summed E-state index contributed by atoms with van der Waals surface area (Å²) >= 11 is 0. The van der Waals surface area contributed by atoms with Crippen LogP contribution in [0.15, 0.2) is 109 Å². The molecule has 0 bridgehead atoms. The van der Waals surface area contributed by atoms with Crippen LogP contribution in [0, 0.1) is 25.7 Å². The maximum absolute atomic E-state index is 7.48. The molecule has 4 heteroatoms. The second-order valence-electron chi connectivity index (χ2n) is 14.1. The third-order valence-electron chi connectivity index (χ3n) is 10.1. The number of nitrogens with zero attached hydrogens (tertiary/aromatic N) is 2. The molecule has 1 aliphatic heterocycles. The summed E-state index contributed by atoms with van der Waals surface area (Å²) in [7, 11) is 4.45. The van der Waals surface area contributed by atoms with Crippen molar-refractivity contribution in [3.63, 3.8) is 0 Å². The monoisotopic (exact) mass is 616 g/mol. The lowest BCUT2D eigenvalue weighted by molar-refractivity contribution is -0.259. The van der Waals surface area contributed by atoms with Gasteiger partial charge in [-0.2, -0.15) is 4.90 Å². The van der Waals surface area contributed by atoms with E-state index in [0.29, 0.717) is 11.8 Å². The molecule has 2 fully saturated rings. The van der Waals surface area contributed by atoms with Gasteiger partial charge in [0.2, 0.25) is 0 Å². The van der Waals surface area contributed by atoms with E-state index in [-0.39, 0.29) is 12.2 Å². The Bertz CT molecular complexity index is 1370. The number of ether oxygens (including phenoxy) is 2. The molecule has 1 saturated heterocycles. The fourth-order valence-corrected chi connectivity index (χ4v) is 7.73. The summed E-state index contributed by atoms with van der Waals surface area (Å²) in [5.74, 6) is -0.0152. The van der Waals surface area contributed by atoms with E-state index in [4.69, 9.17) is 9.47 Å². The Morgan fingerprint density at radius 3 is 1.70 bits per heavy atom. The fourth-order valence-electron chi connectivity index (χ4n) is 7.73. The first kappa shape index (κ1) is 32.7. The summed E-state index contributed by atoms with van der Waals surface area (Å²) in [4.78, 5) is 4.85. The average Bonchev–Trinajstić information content (AvgIpc) is 3.40. The van der Waals surface area contributed by atoms with Gasteiger partial charge in [-0.05, 0) is 63.3 Å². The first-order valence-electron chi connectivity index (χ1n) is 17.3. The average molecular weight is 617 g/mol. The first-order chi connectivity index (χ1) is 22.4. The summed E-state index contributed by atoms with van der Waals surface area (Å²) in [5, 5.41) is 0. The van der Waals surface area contributed by atoms with E-state index in [1.54, 1.807) is 0 Å². The zero-order valence-corrected chi connectivity index (χ0v) is 28.3. The Kier molecular flexibility index (Phi) is 10.7. The maximum atomic E-state index is 7.48. The fraction of sp³-hybridized carbons (Fsp3) is 0.429. The summed E-state index contributed by atoms with van der Waals surface area (Å²) < 4.78 is 15.0. The highest BCUT2D eigenvalue weighted by atomic mass is 16.8. The topological polar surface area (TPSA) is 27.6 Å². The highest BCUT2D eigenvalue weighted by Gasteiger charge is 2.58. The second kappa shape index (κ2) is 15.1. The van der Waals surface area contributed by atoms with Gasteiger partial charge in [-0.25, -0.2) is 0 Å². The molecule has 1 aliphatic carbocycles. The van der Waals surface area contributed by atoms with Crippen LogP contribution in [0.5, 0.6) is 0 Å². The summed E-state index contributed by atoms with van der Waals surface area (Å²) in [6, 6.07) is 39.8. The third-order valence-corrected chi connectivity index (χ3v) is 10.1. The molecule has 2 unspecified atom stereocenters. The lowest BCUT2D eigenvalue weighted by Crippen LogP contribution is -2.51. The molecule has 6 rings (SSSR count). The predicted octanol–water partition coefficient (Wildman–Crippen LogP) is 8.09. The Balaban J connectivity index is 1.29. The van der Waals surface area contributed by atoms with Gasteiger partial charge < -0.3 is 9.47 Å². The van der Waals surface area contributed by atoms with Gasteiger partial charge in [0.05, 0.1) is 0 Å². The summed E-state index contributed by atoms with van der Waals surface area (Å²) in [5.41, 5.74) is 7.99. The Morgan fingerprint density at radius 2 is 1.15 bits per heavy atom. The number of hydrogen-bond donors (Lipinski definition) is 0. The SMILES string of the molecule is Cc1ccc(CN(C)C[C@H]2OC3(O[C@@H]2C[N+](C)Cc2ccc(C)cc2)C(Cc2ccccc2)CCCC3Cc2ccccc2)cc1. The standard InChI is InChI=1S/C42H52N2O2/c1-32-18-22-36(23-19-32)28-43(3)30-40-41(31-44(4)29-37-24-20-33(2)21-25-37)46-42(45-40)38(26-34-12-7-5-8-13-34)16-11-17-39(42)27-35-14-9-6-10-15-35/h5-10,12-15,18-25,38-41H,11,16-17,26-31H2,1-4H3/q+1/t38?,39?,40-,41-/m1/s1. The highest BCUT2D eigenvalue weighted by Crippen LogP contribution is 2.50. The molecule has 1 heterocycles. The molecule has 4 atom stereocenters. The molecule has 1 radical (unpaired) electrons. The number of aryl methyl sites for hydroxylation is 2. The van der Waals surface area contributed by atoms with E-state index < -0.39 is 5.79 Å². The minimum absolute atomic E-state index is 0.0226. The molecule has 46 heavy (non-hydrogen) atoms. The van der Waals surface area contributed by atoms with Crippen molar-refractivity contribution in [3.8, 4) is 0 Å². The van der Waals surface area contributed by atoms with Gasteiger partial charge in [0.1, 0.15) is 25.8 Å². The number of hydrogen-bond acceptors (Lipinski definition) is 4. The molecule has 2 aliphatic rings. The first-order valence-corrected chi connectivity index (χ1v) is 17.3. The molecule has 0 aromatic heterocycles. The van der Waals surface area contributed by atoms with Crippen LogP contribution in [0.25, 0.3) is 0 Å². The molecule has 241 valence electrons. The number of rotatable bonds is 12. The van der Waals surface area contributed by atoms with E-state index in [1.165, 1.54) is 39.8 Å². The van der Waals surface area contributed by atoms with Gasteiger partial charge in [-0.1, -0.05) is 127 Å².